The number of hydrogen-bond donors (Lipinski definition) is 0. The molecule has 0 aliphatic heterocycles. The van der Waals surface area contributed by atoms with Gasteiger partial charge in [-0.2, -0.15) is 0 Å². The van der Waals surface area contributed by atoms with Crippen LogP contribution in [-0.2, 0) is 0 Å². The Kier molecular flexibility index (Phi) is 4.47. The van der Waals surface area contributed by atoms with E-state index in [1.807, 2.05) is 61.5 Å². The van der Waals surface area contributed by atoms with E-state index in [0.717, 1.165) is 11.5 Å². The molecule has 1 atom stereocenters. The minimum absolute atomic E-state index is 0.271. The van der Waals surface area contributed by atoms with E-state index in [1.54, 1.807) is 13.2 Å². The van der Waals surface area contributed by atoms with Crippen LogP contribution in [0.5, 0.6) is 23.1 Å². The molecule has 5 nitrogen and oxygen atoms in total. The van der Waals surface area contributed by atoms with Gasteiger partial charge in [-0.1, -0.05) is 18.2 Å². The number of methoxy groups -OCH3 is 1. The van der Waals surface area contributed by atoms with Gasteiger partial charge in [0, 0.05) is 6.07 Å². The Labute approximate surface area is 134 Å². The van der Waals surface area contributed by atoms with E-state index in [4.69, 9.17) is 18.7 Å². The molecular weight excluding hydrogens is 294 g/mol. The first kappa shape index (κ1) is 15.0. The van der Waals surface area contributed by atoms with Gasteiger partial charge in [0.15, 0.2) is 11.9 Å². The van der Waals surface area contributed by atoms with Crippen LogP contribution in [0, 0.1) is 0 Å². The van der Waals surface area contributed by atoms with Crippen LogP contribution >= 0.6 is 0 Å². The van der Waals surface area contributed by atoms with Crippen LogP contribution in [0.25, 0.3) is 0 Å². The molecule has 0 fully saturated rings. The number of nitrogens with zero attached hydrogens (tertiary/aromatic N) is 1. The molecule has 23 heavy (non-hydrogen) atoms. The second-order valence-electron chi connectivity index (χ2n) is 4.92. The van der Waals surface area contributed by atoms with Crippen LogP contribution in [0.4, 0.5) is 0 Å². The Bertz CT molecular complexity index is 737. The number of hydrogen-bond acceptors (Lipinski definition) is 5. The van der Waals surface area contributed by atoms with Gasteiger partial charge in [-0.25, -0.2) is 0 Å². The van der Waals surface area contributed by atoms with Crippen molar-refractivity contribution in [3.8, 4) is 23.1 Å². The molecule has 0 spiro atoms. The van der Waals surface area contributed by atoms with Crippen LogP contribution in [0.1, 0.15) is 18.8 Å². The Hall–Kier alpha value is -2.95. The van der Waals surface area contributed by atoms with Crippen molar-refractivity contribution in [2.24, 2.45) is 0 Å². The fourth-order valence-corrected chi connectivity index (χ4v) is 2.03. The molecule has 0 amide bonds. The smallest absolute Gasteiger partial charge is 0.254 e. The van der Waals surface area contributed by atoms with Crippen molar-refractivity contribution in [1.29, 1.82) is 0 Å². The number of benzene rings is 2. The van der Waals surface area contributed by atoms with E-state index < -0.39 is 0 Å². The summed E-state index contributed by atoms with van der Waals surface area (Å²) in [4.78, 5) is 0. The van der Waals surface area contributed by atoms with E-state index >= 15 is 0 Å². The van der Waals surface area contributed by atoms with Gasteiger partial charge < -0.3 is 18.7 Å². The van der Waals surface area contributed by atoms with Crippen molar-refractivity contribution in [2.75, 3.05) is 7.11 Å². The van der Waals surface area contributed by atoms with E-state index in [-0.39, 0.29) is 6.10 Å². The van der Waals surface area contributed by atoms with Crippen LogP contribution in [-0.4, -0.2) is 12.3 Å². The quantitative estimate of drug-likeness (QED) is 0.665. The molecular formula is C18H17NO4. The Balaban J connectivity index is 1.63. The molecule has 118 valence electrons. The topological polar surface area (TPSA) is 53.7 Å². The minimum atomic E-state index is -0.271. The summed E-state index contributed by atoms with van der Waals surface area (Å²) in [6.45, 7) is 1.88. The predicted octanol–water partition coefficient (Wildman–Crippen LogP) is 4.62. The van der Waals surface area contributed by atoms with E-state index in [0.29, 0.717) is 17.4 Å². The highest BCUT2D eigenvalue weighted by atomic mass is 16.5. The van der Waals surface area contributed by atoms with Gasteiger partial charge >= 0.3 is 0 Å². The van der Waals surface area contributed by atoms with Crippen LogP contribution in [0.2, 0.25) is 0 Å². The first-order valence-corrected chi connectivity index (χ1v) is 7.25. The molecule has 2 aromatic carbocycles. The minimum Gasteiger partial charge on any atom is -0.483 e. The number of aromatic nitrogens is 1. The van der Waals surface area contributed by atoms with Crippen molar-refractivity contribution in [2.45, 2.75) is 13.0 Å². The highest BCUT2D eigenvalue weighted by Gasteiger charge is 2.14. The lowest BCUT2D eigenvalue weighted by Crippen LogP contribution is -2.01. The normalized spacial score (nSPS) is 11.7. The van der Waals surface area contributed by atoms with Crippen molar-refractivity contribution in [3.63, 3.8) is 0 Å². The maximum absolute atomic E-state index is 5.82. The Morgan fingerprint density at radius 1 is 0.913 bits per heavy atom. The van der Waals surface area contributed by atoms with Gasteiger partial charge in [-0.05, 0) is 48.5 Å². The van der Waals surface area contributed by atoms with Crippen molar-refractivity contribution in [3.05, 3.63) is 66.4 Å². The molecule has 1 heterocycles. The maximum atomic E-state index is 5.82. The summed E-state index contributed by atoms with van der Waals surface area (Å²) >= 11 is 0. The fraction of sp³-hybridized carbons (Fsp3) is 0.167. The van der Waals surface area contributed by atoms with Crippen molar-refractivity contribution >= 4 is 0 Å². The van der Waals surface area contributed by atoms with Crippen LogP contribution in [0.15, 0.2) is 65.2 Å². The lowest BCUT2D eigenvalue weighted by molar-refractivity contribution is 0.180. The largest absolute Gasteiger partial charge is 0.483 e. The molecule has 1 unspecified atom stereocenters. The second-order valence-corrected chi connectivity index (χ2v) is 4.92. The van der Waals surface area contributed by atoms with Gasteiger partial charge in [-0.15, -0.1) is 0 Å². The summed E-state index contributed by atoms with van der Waals surface area (Å²) in [5, 5.41) is 3.76. The van der Waals surface area contributed by atoms with Gasteiger partial charge in [0.05, 0.1) is 7.11 Å². The maximum Gasteiger partial charge on any atom is 0.254 e. The van der Waals surface area contributed by atoms with Gasteiger partial charge in [0.2, 0.25) is 0 Å². The summed E-state index contributed by atoms with van der Waals surface area (Å²) in [5.74, 6) is 3.29. The highest BCUT2D eigenvalue weighted by Crippen LogP contribution is 2.27. The molecule has 0 aliphatic carbocycles. The molecule has 1 aromatic heterocycles. The molecule has 0 saturated carbocycles. The number of para-hydroxylation sites is 1. The molecule has 3 rings (SSSR count). The number of ether oxygens (including phenoxy) is 3. The third-order valence-electron chi connectivity index (χ3n) is 3.23. The monoisotopic (exact) mass is 311 g/mol. The zero-order chi connectivity index (χ0) is 16.1. The standard InChI is InChI=1S/C18H17NO4/c1-13(17-12-18(20-2)19-23-17)21-15-8-10-16(11-9-15)22-14-6-4-3-5-7-14/h3-13H,1-2H3. The Morgan fingerprint density at radius 3 is 2.22 bits per heavy atom. The second kappa shape index (κ2) is 6.87. The Morgan fingerprint density at radius 2 is 1.57 bits per heavy atom. The molecule has 0 N–H and O–H groups in total. The fourth-order valence-electron chi connectivity index (χ4n) is 2.03. The number of rotatable bonds is 6. The molecule has 0 radical (unpaired) electrons. The lowest BCUT2D eigenvalue weighted by Gasteiger charge is -2.12. The molecule has 3 aromatic rings. The van der Waals surface area contributed by atoms with Crippen molar-refractivity contribution < 1.29 is 18.7 Å². The van der Waals surface area contributed by atoms with Gasteiger partial charge in [0.1, 0.15) is 17.2 Å². The van der Waals surface area contributed by atoms with E-state index in [2.05, 4.69) is 5.16 Å². The van der Waals surface area contributed by atoms with E-state index in [9.17, 15) is 0 Å². The van der Waals surface area contributed by atoms with Gasteiger partial charge in [0.25, 0.3) is 5.88 Å². The third-order valence-corrected chi connectivity index (χ3v) is 3.23. The third kappa shape index (κ3) is 3.83. The molecule has 0 aliphatic rings. The summed E-state index contributed by atoms with van der Waals surface area (Å²) in [6, 6.07) is 18.7. The van der Waals surface area contributed by atoms with Gasteiger partial charge in [-0.3, -0.25) is 0 Å². The zero-order valence-corrected chi connectivity index (χ0v) is 12.9. The average Bonchev–Trinajstić information content (AvgIpc) is 3.07. The predicted molar refractivity (Wildman–Crippen MR) is 85.1 cm³/mol. The molecule has 0 saturated heterocycles. The lowest BCUT2D eigenvalue weighted by atomic mass is 10.3. The summed E-state index contributed by atoms with van der Waals surface area (Å²) in [6.07, 6.45) is -0.271. The summed E-state index contributed by atoms with van der Waals surface area (Å²) in [5.41, 5.74) is 0. The molecule has 0 bridgehead atoms. The molecule has 5 heteroatoms. The van der Waals surface area contributed by atoms with E-state index in [1.165, 1.54) is 0 Å². The van der Waals surface area contributed by atoms with Crippen LogP contribution in [0.3, 0.4) is 0 Å². The average molecular weight is 311 g/mol. The van der Waals surface area contributed by atoms with Crippen LogP contribution < -0.4 is 14.2 Å². The van der Waals surface area contributed by atoms with Crippen molar-refractivity contribution in [1.82, 2.24) is 5.16 Å². The SMILES string of the molecule is COc1cc(C(C)Oc2ccc(Oc3ccccc3)cc2)on1. The first-order chi connectivity index (χ1) is 11.2. The first-order valence-electron chi connectivity index (χ1n) is 7.25. The summed E-state index contributed by atoms with van der Waals surface area (Å²) < 4.78 is 21.7. The highest BCUT2D eigenvalue weighted by molar-refractivity contribution is 5.35. The summed E-state index contributed by atoms with van der Waals surface area (Å²) in [7, 11) is 1.54. The zero-order valence-electron chi connectivity index (χ0n) is 12.9.